The summed E-state index contributed by atoms with van der Waals surface area (Å²) in [5.41, 5.74) is 0.933. The number of amides is 1. The van der Waals surface area contributed by atoms with Crippen molar-refractivity contribution in [3.63, 3.8) is 0 Å². The molecule has 0 saturated heterocycles. The number of hydrogen-bond donors (Lipinski definition) is 1. The Labute approximate surface area is 178 Å². The predicted octanol–water partition coefficient (Wildman–Crippen LogP) is 4.98. The number of thiophene rings is 1. The van der Waals surface area contributed by atoms with Crippen molar-refractivity contribution in [2.75, 3.05) is 12.4 Å². The number of nitrogens with one attached hydrogen (secondary N) is 1. The van der Waals surface area contributed by atoms with Gasteiger partial charge in [-0.15, -0.1) is 11.3 Å². The van der Waals surface area contributed by atoms with E-state index in [0.717, 1.165) is 21.7 Å². The molecular weight excluding hydrogens is 430 g/mol. The van der Waals surface area contributed by atoms with E-state index in [9.17, 15) is 18.4 Å². The number of anilines is 1. The molecule has 1 N–H and O–H groups in total. The number of pyridine rings is 1. The van der Waals surface area contributed by atoms with Crippen LogP contribution in [0, 0.1) is 11.6 Å². The fraction of sp³-hybridized carbons (Fsp3) is 0.0952. The molecule has 1 amide bonds. The van der Waals surface area contributed by atoms with Gasteiger partial charge in [-0.2, -0.15) is 0 Å². The summed E-state index contributed by atoms with van der Waals surface area (Å²) in [7, 11) is 1.40. The first-order valence-corrected chi connectivity index (χ1v) is 9.71. The Hall–Kier alpha value is -3.47. The minimum Gasteiger partial charge on any atom is -0.452 e. The molecule has 3 heterocycles. The second kappa shape index (κ2) is 8.72. The Kier molecular flexibility index (Phi) is 5.85. The van der Waals surface area contributed by atoms with E-state index in [2.05, 4.69) is 15.2 Å². The van der Waals surface area contributed by atoms with Gasteiger partial charge in [0.15, 0.2) is 12.0 Å². The highest BCUT2D eigenvalue weighted by atomic mass is 32.1. The lowest BCUT2D eigenvalue weighted by Crippen LogP contribution is -2.16. The molecule has 158 valence electrons. The number of carbonyl (C=O) groups excluding carboxylic acids is 2. The van der Waals surface area contributed by atoms with E-state index in [0.29, 0.717) is 23.0 Å². The second-order valence-corrected chi connectivity index (χ2v) is 7.41. The lowest BCUT2D eigenvalue weighted by atomic mass is 10.1. The van der Waals surface area contributed by atoms with Crippen molar-refractivity contribution in [1.82, 2.24) is 4.98 Å². The summed E-state index contributed by atoms with van der Waals surface area (Å²) in [6.07, 6.45) is 2.03. The van der Waals surface area contributed by atoms with Gasteiger partial charge in [0, 0.05) is 16.6 Å². The van der Waals surface area contributed by atoms with Crippen LogP contribution in [0.4, 0.5) is 14.6 Å². The number of aldehydes is 1. The van der Waals surface area contributed by atoms with Gasteiger partial charge in [0.05, 0.1) is 17.4 Å². The number of rotatable bonds is 7. The van der Waals surface area contributed by atoms with Crippen LogP contribution in [0.25, 0.3) is 21.4 Å². The average molecular weight is 444 g/mol. The maximum atomic E-state index is 13.8. The number of hydrogen-bond acceptors (Lipinski definition) is 7. The Morgan fingerprint density at radius 2 is 2.03 bits per heavy atom. The van der Waals surface area contributed by atoms with Crippen LogP contribution in [-0.2, 0) is 16.4 Å². The van der Waals surface area contributed by atoms with Gasteiger partial charge in [0.1, 0.15) is 35.2 Å². The van der Waals surface area contributed by atoms with E-state index < -0.39 is 23.1 Å². The number of benzene rings is 1. The number of nitrogens with zero attached hydrogens (tertiary/aromatic N) is 1. The van der Waals surface area contributed by atoms with Gasteiger partial charge in [-0.3, -0.25) is 9.59 Å². The minimum atomic E-state index is -0.975. The van der Waals surface area contributed by atoms with Crippen molar-refractivity contribution in [2.24, 2.45) is 0 Å². The van der Waals surface area contributed by atoms with Crippen LogP contribution in [0.15, 0.2) is 47.0 Å². The van der Waals surface area contributed by atoms with Crippen molar-refractivity contribution >= 4 is 39.6 Å². The maximum absolute atomic E-state index is 13.8. The molecule has 0 saturated carbocycles. The first-order chi connectivity index (χ1) is 15.0. The second-order valence-electron chi connectivity index (χ2n) is 6.28. The van der Waals surface area contributed by atoms with Gasteiger partial charge in [-0.05, 0) is 30.3 Å². The van der Waals surface area contributed by atoms with E-state index in [1.165, 1.54) is 36.8 Å². The van der Waals surface area contributed by atoms with Crippen LogP contribution in [0.3, 0.4) is 0 Å². The van der Waals surface area contributed by atoms with Crippen molar-refractivity contribution in [3.8, 4) is 11.1 Å². The Bertz CT molecular complexity index is 1250. The van der Waals surface area contributed by atoms with Gasteiger partial charge in [0.25, 0.3) is 5.91 Å². The number of fused-ring (bicyclic) bond motifs is 1. The average Bonchev–Trinajstić information content (AvgIpc) is 3.29. The third kappa shape index (κ3) is 4.08. The molecule has 0 spiro atoms. The highest BCUT2D eigenvalue weighted by Gasteiger charge is 2.20. The van der Waals surface area contributed by atoms with Crippen LogP contribution in [0.5, 0.6) is 0 Å². The molecule has 10 heteroatoms. The molecule has 1 aromatic carbocycles. The Balaban J connectivity index is 1.62. The summed E-state index contributed by atoms with van der Waals surface area (Å²) in [6, 6.07) is 7.98. The largest absolute Gasteiger partial charge is 0.452 e. The summed E-state index contributed by atoms with van der Waals surface area (Å²) >= 11 is 1.37. The molecule has 0 unspecified atom stereocenters. The van der Waals surface area contributed by atoms with Gasteiger partial charge >= 0.3 is 0 Å². The molecule has 0 atom stereocenters. The SMILES string of the molecule is COOCc1cc2oc(C=O)c(-c3ccc(NC(=O)c4c(F)cccc4F)nc3)c2s1. The van der Waals surface area contributed by atoms with E-state index in [4.69, 9.17) is 9.30 Å². The quantitative estimate of drug-likeness (QED) is 0.246. The van der Waals surface area contributed by atoms with Crippen LogP contribution in [0.2, 0.25) is 0 Å². The van der Waals surface area contributed by atoms with Crippen LogP contribution in [0.1, 0.15) is 25.8 Å². The van der Waals surface area contributed by atoms with Crippen LogP contribution < -0.4 is 5.32 Å². The van der Waals surface area contributed by atoms with Crippen LogP contribution in [-0.4, -0.2) is 24.3 Å². The predicted molar refractivity (Wildman–Crippen MR) is 109 cm³/mol. The molecule has 3 aromatic heterocycles. The minimum absolute atomic E-state index is 0.0872. The molecule has 0 radical (unpaired) electrons. The lowest BCUT2D eigenvalue weighted by Gasteiger charge is -2.07. The molecule has 0 fully saturated rings. The van der Waals surface area contributed by atoms with Gasteiger partial charge in [-0.25, -0.2) is 23.5 Å². The third-order valence-corrected chi connectivity index (χ3v) is 5.46. The van der Waals surface area contributed by atoms with Gasteiger partial charge in [-0.1, -0.05) is 6.07 Å². The summed E-state index contributed by atoms with van der Waals surface area (Å²) in [4.78, 5) is 38.2. The van der Waals surface area contributed by atoms with E-state index in [-0.39, 0.29) is 18.2 Å². The number of furan rings is 1. The van der Waals surface area contributed by atoms with E-state index >= 15 is 0 Å². The molecule has 0 aliphatic rings. The topological polar surface area (TPSA) is 90.7 Å². The fourth-order valence-corrected chi connectivity index (χ4v) is 4.06. The molecule has 0 bridgehead atoms. The third-order valence-electron chi connectivity index (χ3n) is 4.35. The van der Waals surface area contributed by atoms with Crippen LogP contribution >= 0.6 is 11.3 Å². The summed E-state index contributed by atoms with van der Waals surface area (Å²) in [5, 5.41) is 2.35. The van der Waals surface area contributed by atoms with Gasteiger partial charge < -0.3 is 9.73 Å². The lowest BCUT2D eigenvalue weighted by molar-refractivity contribution is -0.281. The number of carbonyl (C=O) groups is 2. The Morgan fingerprint density at radius 3 is 2.68 bits per heavy atom. The van der Waals surface area contributed by atoms with Crippen molar-refractivity contribution in [1.29, 1.82) is 0 Å². The highest BCUT2D eigenvalue weighted by molar-refractivity contribution is 7.19. The van der Waals surface area contributed by atoms with Crippen molar-refractivity contribution in [2.45, 2.75) is 6.61 Å². The van der Waals surface area contributed by atoms with Gasteiger partial charge in [0.2, 0.25) is 0 Å². The monoisotopic (exact) mass is 444 g/mol. The smallest absolute Gasteiger partial charge is 0.262 e. The first-order valence-electron chi connectivity index (χ1n) is 8.89. The number of aromatic nitrogens is 1. The first kappa shape index (κ1) is 20.8. The molecule has 0 aliphatic carbocycles. The summed E-state index contributed by atoms with van der Waals surface area (Å²) in [6.45, 7) is 0.219. The highest BCUT2D eigenvalue weighted by Crippen LogP contribution is 2.39. The standard InChI is InChI=1S/C21H14F2N2O5S/c1-28-29-10-12-7-15-20(31-12)18(16(9-26)30-15)11-5-6-17(24-8-11)25-21(27)19-13(22)3-2-4-14(19)23/h2-9H,10H2,1H3,(H,24,25,27). The van der Waals surface area contributed by atoms with Crippen molar-refractivity contribution in [3.05, 3.63) is 70.4 Å². The zero-order valence-electron chi connectivity index (χ0n) is 16.0. The van der Waals surface area contributed by atoms with E-state index in [1.807, 2.05) is 0 Å². The molecule has 0 aliphatic heterocycles. The molecule has 7 nitrogen and oxygen atoms in total. The Morgan fingerprint density at radius 1 is 1.26 bits per heavy atom. The van der Waals surface area contributed by atoms with E-state index in [1.54, 1.807) is 12.1 Å². The fourth-order valence-electron chi connectivity index (χ4n) is 3.01. The van der Waals surface area contributed by atoms with Crippen molar-refractivity contribution < 1.29 is 32.6 Å². The molecule has 31 heavy (non-hydrogen) atoms. The summed E-state index contributed by atoms with van der Waals surface area (Å²) < 4.78 is 33.9. The maximum Gasteiger partial charge on any atom is 0.262 e. The number of halogens is 2. The zero-order valence-corrected chi connectivity index (χ0v) is 16.8. The summed E-state index contributed by atoms with van der Waals surface area (Å²) in [5.74, 6) is -2.69. The molecule has 4 rings (SSSR count). The zero-order chi connectivity index (χ0) is 22.0. The normalized spacial score (nSPS) is 11.1. The molecule has 4 aromatic rings. The molecular formula is C21H14F2N2O5S.